The SMILES string of the molecule is COCC(=O)N1CCCC(CC2CC2)(c2noc(-c3ccc(F)cc3)n2)C1. The quantitative estimate of drug-likeness (QED) is 0.778. The lowest BCUT2D eigenvalue weighted by Crippen LogP contribution is -2.50. The molecule has 0 bridgehead atoms. The van der Waals surface area contributed by atoms with Gasteiger partial charge in [0.15, 0.2) is 5.82 Å². The van der Waals surface area contributed by atoms with Gasteiger partial charge in [0.1, 0.15) is 12.4 Å². The Morgan fingerprint density at radius 3 is 2.85 bits per heavy atom. The van der Waals surface area contributed by atoms with Gasteiger partial charge in [0.05, 0.1) is 5.41 Å². The van der Waals surface area contributed by atoms with Gasteiger partial charge >= 0.3 is 0 Å². The molecule has 0 radical (unpaired) electrons. The van der Waals surface area contributed by atoms with Gasteiger partial charge in [0.2, 0.25) is 5.91 Å². The largest absolute Gasteiger partial charge is 0.375 e. The van der Waals surface area contributed by atoms with Gasteiger partial charge in [-0.25, -0.2) is 4.39 Å². The number of rotatable bonds is 6. The molecule has 1 atom stereocenters. The molecular weight excluding hydrogens is 349 g/mol. The molecule has 7 heteroatoms. The molecule has 2 aliphatic rings. The molecule has 1 aliphatic heterocycles. The van der Waals surface area contributed by atoms with Gasteiger partial charge in [0.25, 0.3) is 5.89 Å². The minimum atomic E-state index is -0.303. The van der Waals surface area contributed by atoms with Crippen LogP contribution in [0.4, 0.5) is 4.39 Å². The van der Waals surface area contributed by atoms with E-state index >= 15 is 0 Å². The number of likely N-dealkylation sites (tertiary alicyclic amines) is 1. The van der Waals surface area contributed by atoms with Gasteiger partial charge in [-0.15, -0.1) is 0 Å². The van der Waals surface area contributed by atoms with E-state index in [4.69, 9.17) is 9.26 Å². The maximum absolute atomic E-state index is 13.2. The number of piperidine rings is 1. The fourth-order valence-corrected chi connectivity index (χ4v) is 4.02. The number of aromatic nitrogens is 2. The van der Waals surface area contributed by atoms with E-state index in [1.54, 1.807) is 12.1 Å². The van der Waals surface area contributed by atoms with Crippen LogP contribution in [-0.2, 0) is 14.9 Å². The van der Waals surface area contributed by atoms with Crippen LogP contribution < -0.4 is 0 Å². The third-order valence-electron chi connectivity index (χ3n) is 5.57. The number of ether oxygens (including phenoxy) is 1. The third-order valence-corrected chi connectivity index (χ3v) is 5.57. The zero-order valence-corrected chi connectivity index (χ0v) is 15.5. The molecule has 2 aromatic rings. The highest BCUT2D eigenvalue weighted by Crippen LogP contribution is 2.45. The first-order valence-electron chi connectivity index (χ1n) is 9.46. The van der Waals surface area contributed by atoms with Crippen molar-refractivity contribution in [2.75, 3.05) is 26.8 Å². The molecule has 144 valence electrons. The summed E-state index contributed by atoms with van der Waals surface area (Å²) in [6.45, 7) is 1.41. The molecule has 27 heavy (non-hydrogen) atoms. The summed E-state index contributed by atoms with van der Waals surface area (Å²) in [7, 11) is 1.54. The molecule has 4 rings (SSSR count). The second-order valence-electron chi connectivity index (χ2n) is 7.71. The average molecular weight is 373 g/mol. The van der Waals surface area contributed by atoms with Crippen molar-refractivity contribution in [2.24, 2.45) is 5.92 Å². The van der Waals surface area contributed by atoms with Crippen LogP contribution in [0, 0.1) is 11.7 Å². The molecule has 1 unspecified atom stereocenters. The van der Waals surface area contributed by atoms with Crippen LogP contribution in [0.5, 0.6) is 0 Å². The van der Waals surface area contributed by atoms with Crippen molar-refractivity contribution in [3.05, 3.63) is 35.9 Å². The smallest absolute Gasteiger partial charge is 0.257 e. The van der Waals surface area contributed by atoms with Crippen LogP contribution in [0.25, 0.3) is 11.5 Å². The number of carbonyl (C=O) groups is 1. The molecule has 1 aromatic carbocycles. The molecule has 0 spiro atoms. The molecule has 0 N–H and O–H groups in total. The molecule has 2 fully saturated rings. The van der Waals surface area contributed by atoms with Crippen molar-refractivity contribution < 1.29 is 18.4 Å². The molecule has 1 aliphatic carbocycles. The first-order chi connectivity index (χ1) is 13.1. The highest BCUT2D eigenvalue weighted by atomic mass is 19.1. The van der Waals surface area contributed by atoms with Crippen molar-refractivity contribution in [1.82, 2.24) is 15.0 Å². The van der Waals surface area contributed by atoms with E-state index in [1.165, 1.54) is 32.1 Å². The Labute approximate surface area is 157 Å². The van der Waals surface area contributed by atoms with Crippen LogP contribution in [0.2, 0.25) is 0 Å². The molecule has 1 amide bonds. The fraction of sp³-hybridized carbons (Fsp3) is 0.550. The molecular formula is C20H24FN3O3. The Balaban J connectivity index is 1.62. The van der Waals surface area contributed by atoms with Crippen LogP contribution in [0.1, 0.15) is 37.9 Å². The Kier molecular flexibility index (Phi) is 4.95. The Morgan fingerprint density at radius 1 is 1.37 bits per heavy atom. The van der Waals surface area contributed by atoms with Gasteiger partial charge in [-0.2, -0.15) is 4.98 Å². The van der Waals surface area contributed by atoms with Gasteiger partial charge in [-0.3, -0.25) is 4.79 Å². The Hall–Kier alpha value is -2.28. The van der Waals surface area contributed by atoms with Gasteiger partial charge in [-0.05, 0) is 49.4 Å². The summed E-state index contributed by atoms with van der Waals surface area (Å²) in [5.41, 5.74) is 0.407. The van der Waals surface area contributed by atoms with Crippen LogP contribution >= 0.6 is 0 Å². The van der Waals surface area contributed by atoms with Crippen molar-refractivity contribution in [3.8, 4) is 11.5 Å². The van der Waals surface area contributed by atoms with Crippen molar-refractivity contribution in [2.45, 2.75) is 37.5 Å². The molecule has 1 saturated carbocycles. The van der Waals surface area contributed by atoms with Crippen molar-refractivity contribution in [1.29, 1.82) is 0 Å². The summed E-state index contributed by atoms with van der Waals surface area (Å²) < 4.78 is 23.7. The first kappa shape index (κ1) is 18.1. The maximum atomic E-state index is 13.2. The van der Waals surface area contributed by atoms with Crippen LogP contribution in [-0.4, -0.2) is 47.8 Å². The lowest BCUT2D eigenvalue weighted by Gasteiger charge is -2.41. The summed E-state index contributed by atoms with van der Waals surface area (Å²) in [5.74, 6) is 1.40. The van der Waals surface area contributed by atoms with E-state index in [-0.39, 0.29) is 23.7 Å². The van der Waals surface area contributed by atoms with Crippen LogP contribution in [0.3, 0.4) is 0 Å². The van der Waals surface area contributed by atoms with E-state index in [0.717, 1.165) is 25.8 Å². The first-order valence-corrected chi connectivity index (χ1v) is 9.46. The van der Waals surface area contributed by atoms with Gasteiger partial charge in [-0.1, -0.05) is 18.0 Å². The summed E-state index contributed by atoms with van der Waals surface area (Å²) in [6.07, 6.45) is 5.24. The average Bonchev–Trinajstić information content (AvgIpc) is 3.33. The number of nitrogens with zero attached hydrogens (tertiary/aromatic N) is 3. The summed E-state index contributed by atoms with van der Waals surface area (Å²) >= 11 is 0. The number of hydrogen-bond donors (Lipinski definition) is 0. The Bertz CT molecular complexity index is 803. The van der Waals surface area contributed by atoms with Crippen molar-refractivity contribution in [3.63, 3.8) is 0 Å². The zero-order chi connectivity index (χ0) is 18.9. The fourth-order valence-electron chi connectivity index (χ4n) is 4.02. The minimum absolute atomic E-state index is 0.000347. The number of benzene rings is 1. The highest BCUT2D eigenvalue weighted by Gasteiger charge is 2.45. The van der Waals surface area contributed by atoms with E-state index in [2.05, 4.69) is 10.1 Å². The lowest BCUT2D eigenvalue weighted by atomic mass is 9.75. The standard InChI is InChI=1S/C20H24FN3O3/c1-26-12-17(25)24-10-2-9-20(13-24,11-14-3-4-14)19-22-18(27-23-19)15-5-7-16(21)8-6-15/h5-8,14H,2-4,9-13H2,1H3. The monoisotopic (exact) mass is 373 g/mol. The van der Waals surface area contributed by atoms with E-state index in [0.29, 0.717) is 29.7 Å². The maximum Gasteiger partial charge on any atom is 0.257 e. The minimum Gasteiger partial charge on any atom is -0.375 e. The molecule has 2 heterocycles. The predicted molar refractivity (Wildman–Crippen MR) is 96.4 cm³/mol. The lowest BCUT2D eigenvalue weighted by molar-refractivity contribution is -0.137. The Morgan fingerprint density at radius 2 is 2.15 bits per heavy atom. The van der Waals surface area contributed by atoms with E-state index < -0.39 is 0 Å². The number of hydrogen-bond acceptors (Lipinski definition) is 5. The topological polar surface area (TPSA) is 68.5 Å². The molecule has 1 saturated heterocycles. The number of amides is 1. The predicted octanol–water partition coefficient (Wildman–Crippen LogP) is 3.18. The van der Waals surface area contributed by atoms with Crippen molar-refractivity contribution >= 4 is 5.91 Å². The zero-order valence-electron chi connectivity index (χ0n) is 15.5. The summed E-state index contributed by atoms with van der Waals surface area (Å²) in [6, 6.07) is 6.03. The number of carbonyl (C=O) groups excluding carboxylic acids is 1. The second kappa shape index (κ2) is 7.38. The summed E-state index contributed by atoms with van der Waals surface area (Å²) in [4.78, 5) is 18.9. The van der Waals surface area contributed by atoms with E-state index in [1.807, 2.05) is 4.90 Å². The molecule has 1 aromatic heterocycles. The van der Waals surface area contributed by atoms with E-state index in [9.17, 15) is 9.18 Å². The third kappa shape index (κ3) is 3.88. The number of halogens is 1. The van der Waals surface area contributed by atoms with Gasteiger partial charge in [0, 0.05) is 25.8 Å². The highest BCUT2D eigenvalue weighted by molar-refractivity contribution is 5.77. The summed E-state index contributed by atoms with van der Waals surface area (Å²) in [5, 5.41) is 4.28. The van der Waals surface area contributed by atoms with Crippen LogP contribution in [0.15, 0.2) is 28.8 Å². The molecule has 6 nitrogen and oxygen atoms in total. The van der Waals surface area contributed by atoms with Gasteiger partial charge < -0.3 is 14.2 Å². The number of methoxy groups -OCH3 is 1. The normalized spacial score (nSPS) is 22.8. The second-order valence-corrected chi connectivity index (χ2v) is 7.71.